The Hall–Kier alpha value is -3.80. The number of esters is 1. The fourth-order valence-electron chi connectivity index (χ4n) is 3.90. The highest BCUT2D eigenvalue weighted by Gasteiger charge is 2.11. The van der Waals surface area contributed by atoms with Gasteiger partial charge in [-0.05, 0) is 73.6 Å². The van der Waals surface area contributed by atoms with E-state index >= 15 is 0 Å². The van der Waals surface area contributed by atoms with E-state index in [1.54, 1.807) is 18.2 Å². The molecule has 6 heteroatoms. The largest absolute Gasteiger partial charge is 0.496 e. The second kappa shape index (κ2) is 14.6. The molecule has 0 aliphatic carbocycles. The van der Waals surface area contributed by atoms with Crippen molar-refractivity contribution >= 4 is 17.6 Å². The van der Waals surface area contributed by atoms with Crippen molar-refractivity contribution in [3.8, 4) is 11.5 Å². The molecule has 36 heavy (non-hydrogen) atoms. The number of nitrogens with one attached hydrogen (secondary N) is 1. The van der Waals surface area contributed by atoms with Gasteiger partial charge in [0.1, 0.15) is 11.5 Å². The van der Waals surface area contributed by atoms with E-state index in [0.29, 0.717) is 36.4 Å². The van der Waals surface area contributed by atoms with Crippen molar-refractivity contribution in [2.45, 2.75) is 44.9 Å². The molecule has 0 radical (unpaired) electrons. The van der Waals surface area contributed by atoms with Crippen molar-refractivity contribution < 1.29 is 23.8 Å². The number of unbranched alkanes of at least 4 members (excludes halogenated alkanes) is 2. The smallest absolute Gasteiger partial charge is 0.310 e. The first-order valence-electron chi connectivity index (χ1n) is 12.4. The molecule has 3 aromatic carbocycles. The van der Waals surface area contributed by atoms with E-state index in [1.165, 1.54) is 19.8 Å². The van der Waals surface area contributed by atoms with Crippen LogP contribution in [0.3, 0.4) is 0 Å². The Bertz CT molecular complexity index is 1100. The van der Waals surface area contributed by atoms with Crippen LogP contribution >= 0.6 is 0 Å². The van der Waals surface area contributed by atoms with Crippen molar-refractivity contribution in [1.82, 2.24) is 0 Å². The summed E-state index contributed by atoms with van der Waals surface area (Å²) >= 11 is 0. The number of anilines is 1. The molecular weight excluding hydrogens is 454 g/mol. The quantitative estimate of drug-likeness (QED) is 0.230. The van der Waals surface area contributed by atoms with Gasteiger partial charge in [-0.15, -0.1) is 0 Å². The van der Waals surface area contributed by atoms with Crippen molar-refractivity contribution in [2.24, 2.45) is 0 Å². The highest BCUT2D eigenvalue weighted by Crippen LogP contribution is 2.24. The Morgan fingerprint density at radius 1 is 0.806 bits per heavy atom. The molecule has 0 bridgehead atoms. The number of hydrogen-bond acceptors (Lipinski definition) is 5. The fraction of sp³-hybridized carbons (Fsp3) is 0.333. The number of benzene rings is 3. The number of methoxy groups -OCH3 is 2. The van der Waals surface area contributed by atoms with E-state index in [0.717, 1.165) is 37.0 Å². The number of carbonyl (C=O) groups is 2. The topological polar surface area (TPSA) is 73.9 Å². The third kappa shape index (κ3) is 9.10. The zero-order valence-corrected chi connectivity index (χ0v) is 21.1. The van der Waals surface area contributed by atoms with Crippen LogP contribution in [0.25, 0.3) is 0 Å². The highest BCUT2D eigenvalue weighted by molar-refractivity contribution is 5.91. The van der Waals surface area contributed by atoms with Crippen molar-refractivity contribution in [3.63, 3.8) is 0 Å². The Morgan fingerprint density at radius 3 is 2.28 bits per heavy atom. The first kappa shape index (κ1) is 26.8. The molecule has 6 nitrogen and oxygen atoms in total. The van der Waals surface area contributed by atoms with Gasteiger partial charge >= 0.3 is 5.97 Å². The summed E-state index contributed by atoms with van der Waals surface area (Å²) in [7, 11) is 2.88. The lowest BCUT2D eigenvalue weighted by molar-refractivity contribution is -0.139. The van der Waals surface area contributed by atoms with Crippen molar-refractivity contribution in [1.29, 1.82) is 0 Å². The molecular formula is C30H35NO5. The average molecular weight is 490 g/mol. The van der Waals surface area contributed by atoms with Crippen LogP contribution in [0.2, 0.25) is 0 Å². The Labute approximate surface area is 213 Å². The summed E-state index contributed by atoms with van der Waals surface area (Å²) in [6.45, 7) is 0.705. The summed E-state index contributed by atoms with van der Waals surface area (Å²) in [6, 6.07) is 23.7. The van der Waals surface area contributed by atoms with Gasteiger partial charge in [0.25, 0.3) is 0 Å². The van der Waals surface area contributed by atoms with Gasteiger partial charge in [0.15, 0.2) is 0 Å². The number of carbonyl (C=O) groups excluding carboxylic acids is 2. The molecule has 1 amide bonds. The van der Waals surface area contributed by atoms with E-state index in [-0.39, 0.29) is 18.3 Å². The van der Waals surface area contributed by atoms with Crippen molar-refractivity contribution in [2.75, 3.05) is 26.1 Å². The van der Waals surface area contributed by atoms with Crippen LogP contribution in [0, 0.1) is 0 Å². The monoisotopic (exact) mass is 489 g/mol. The summed E-state index contributed by atoms with van der Waals surface area (Å²) in [5.41, 5.74) is 3.73. The van der Waals surface area contributed by atoms with Crippen LogP contribution < -0.4 is 14.8 Å². The van der Waals surface area contributed by atoms with Crippen LogP contribution in [-0.2, 0) is 33.6 Å². The molecule has 0 saturated heterocycles. The Kier molecular flexibility index (Phi) is 10.8. The summed E-state index contributed by atoms with van der Waals surface area (Å²) in [4.78, 5) is 24.1. The summed E-state index contributed by atoms with van der Waals surface area (Å²) in [6.07, 6.45) is 5.48. The third-order valence-electron chi connectivity index (χ3n) is 5.91. The van der Waals surface area contributed by atoms with E-state index < -0.39 is 0 Å². The van der Waals surface area contributed by atoms with Gasteiger partial charge in [0.05, 0.1) is 27.2 Å². The van der Waals surface area contributed by atoms with Crippen LogP contribution in [0.4, 0.5) is 5.69 Å². The normalized spacial score (nSPS) is 10.5. The predicted molar refractivity (Wildman–Crippen MR) is 142 cm³/mol. The SMILES string of the molecule is COC(=O)Cc1cc(NC(=O)CCc2ccc(OCCCCCc3ccccc3)cc2)ccc1OC. The second-order valence-corrected chi connectivity index (χ2v) is 8.62. The Morgan fingerprint density at radius 2 is 1.56 bits per heavy atom. The molecule has 0 aromatic heterocycles. The van der Waals surface area contributed by atoms with E-state index in [2.05, 4.69) is 29.6 Å². The molecule has 3 rings (SSSR count). The van der Waals surface area contributed by atoms with Gasteiger partial charge in [-0.25, -0.2) is 0 Å². The van der Waals surface area contributed by atoms with Crippen molar-refractivity contribution in [3.05, 3.63) is 89.5 Å². The predicted octanol–water partition coefficient (Wildman–Crippen LogP) is 5.77. The lowest BCUT2D eigenvalue weighted by atomic mass is 10.1. The van der Waals surface area contributed by atoms with E-state index in [4.69, 9.17) is 14.2 Å². The van der Waals surface area contributed by atoms with E-state index in [9.17, 15) is 9.59 Å². The molecule has 3 aromatic rings. The minimum atomic E-state index is -0.368. The first-order valence-corrected chi connectivity index (χ1v) is 12.4. The molecule has 1 N–H and O–H groups in total. The van der Waals surface area contributed by atoms with Gasteiger partial charge < -0.3 is 19.5 Å². The summed E-state index contributed by atoms with van der Waals surface area (Å²) in [5.74, 6) is 0.961. The summed E-state index contributed by atoms with van der Waals surface area (Å²) in [5, 5.41) is 2.89. The average Bonchev–Trinajstić information content (AvgIpc) is 2.91. The van der Waals surface area contributed by atoms with Gasteiger partial charge in [-0.1, -0.05) is 42.5 Å². The zero-order valence-electron chi connectivity index (χ0n) is 21.1. The van der Waals surface area contributed by atoms with Crippen LogP contribution in [-0.4, -0.2) is 32.7 Å². The molecule has 0 spiro atoms. The highest BCUT2D eigenvalue weighted by atomic mass is 16.5. The number of rotatable bonds is 14. The van der Waals surface area contributed by atoms with Gasteiger partial charge in [0, 0.05) is 17.7 Å². The lowest BCUT2D eigenvalue weighted by Gasteiger charge is -2.11. The number of amides is 1. The molecule has 0 fully saturated rings. The third-order valence-corrected chi connectivity index (χ3v) is 5.91. The van der Waals surface area contributed by atoms with E-state index in [1.807, 2.05) is 30.3 Å². The first-order chi connectivity index (χ1) is 17.6. The number of hydrogen-bond donors (Lipinski definition) is 1. The molecule has 0 heterocycles. The minimum Gasteiger partial charge on any atom is -0.496 e. The van der Waals surface area contributed by atoms with Gasteiger partial charge in [-0.3, -0.25) is 9.59 Å². The number of aryl methyl sites for hydroxylation is 2. The molecule has 0 saturated carbocycles. The maximum absolute atomic E-state index is 12.5. The van der Waals surface area contributed by atoms with Crippen LogP contribution in [0.5, 0.6) is 11.5 Å². The summed E-state index contributed by atoms with van der Waals surface area (Å²) < 4.78 is 15.9. The number of ether oxygens (including phenoxy) is 3. The lowest BCUT2D eigenvalue weighted by Crippen LogP contribution is -2.13. The maximum Gasteiger partial charge on any atom is 0.310 e. The second-order valence-electron chi connectivity index (χ2n) is 8.62. The van der Waals surface area contributed by atoms with Gasteiger partial charge in [-0.2, -0.15) is 0 Å². The molecule has 0 atom stereocenters. The maximum atomic E-state index is 12.5. The van der Waals surface area contributed by atoms with Crippen LogP contribution in [0.1, 0.15) is 42.4 Å². The van der Waals surface area contributed by atoms with Crippen LogP contribution in [0.15, 0.2) is 72.8 Å². The molecule has 190 valence electrons. The minimum absolute atomic E-state index is 0.0749. The molecule has 0 aliphatic rings. The van der Waals surface area contributed by atoms with Gasteiger partial charge in [0.2, 0.25) is 5.91 Å². The fourth-order valence-corrected chi connectivity index (χ4v) is 3.90. The molecule has 0 unspecified atom stereocenters. The zero-order chi connectivity index (χ0) is 25.6. The Balaban J connectivity index is 1.36. The standard InChI is InChI=1S/C30H35NO5/c1-34-28-18-15-26(21-25(28)22-30(33)35-2)31-29(32)19-14-24-12-16-27(17-13-24)36-20-8-4-7-11-23-9-5-3-6-10-23/h3,5-6,9-10,12-13,15-18,21H,4,7-8,11,14,19-20,22H2,1-2H3,(H,31,32). The molecule has 0 aliphatic heterocycles.